The number of Topliss-reactive ketones (excluding diaryl/α,β-unsaturated/α-hetero) is 1. The molecule has 2 aromatic carbocycles. The molecule has 1 fully saturated rings. The van der Waals surface area contributed by atoms with Gasteiger partial charge in [0, 0.05) is 102 Å². The number of nitrogens with one attached hydrogen (secondary N) is 4. The zero-order chi connectivity index (χ0) is 80.0. The average Bonchev–Trinajstić information content (AvgIpc) is 1.69. The number of aryl methyl sites for hydroxylation is 4. The number of ether oxygens (including phenoxy) is 5. The van der Waals surface area contributed by atoms with Crippen LogP contribution in [0.2, 0.25) is 0 Å². The molecule has 30 nitrogen and oxygen atoms in total. The highest BCUT2D eigenvalue weighted by Crippen LogP contribution is 2.45. The molecule has 4 heterocycles. The first-order valence-electron chi connectivity index (χ1n) is 36.5. The third kappa shape index (κ3) is 27.6. The topological polar surface area (TPSA) is 400 Å². The average molecular weight is 1560 g/mol. The number of ketones is 1. The van der Waals surface area contributed by atoms with E-state index in [9.17, 15) is 73.3 Å². The van der Waals surface area contributed by atoms with Gasteiger partial charge in [-0.1, -0.05) is 6.07 Å². The van der Waals surface area contributed by atoms with Crippen LogP contribution in [-0.4, -0.2) is 227 Å². The van der Waals surface area contributed by atoms with Crippen molar-refractivity contribution in [2.24, 2.45) is 0 Å². The molecule has 107 heavy (non-hydrogen) atoms. The SMILES string of the molecule is Cc1cc(OCCCC(=O)NCCCC(=O)[C@H](CS(=O)(=O)O)NC(=O)CC[C@H](C(=O)O)N2CCN(CC(=O)OC(C)(C)C)CCN(CC(=O)OC(C)(C)C)CC2)cc(C)c1S(=O)(=O)NC(CNC(=O)CCCCc1ccc2c(n1)N(S(=O)(=O)c1c(C)c(C)c3c(c1C)CC(C)(C)O3)CCC2)C(=O)OC(C)(C)C. The lowest BCUT2D eigenvalue weighted by Gasteiger charge is -2.31. The van der Waals surface area contributed by atoms with Crippen molar-refractivity contribution in [2.75, 3.05) is 88.7 Å². The molecule has 598 valence electrons. The number of hydrogen-bond donors (Lipinski definition) is 6. The van der Waals surface area contributed by atoms with E-state index in [4.69, 9.17) is 28.7 Å². The lowest BCUT2D eigenvalue weighted by molar-refractivity contribution is -0.158. The summed E-state index contributed by atoms with van der Waals surface area (Å²) in [4.78, 5) is 115. The molecule has 0 bridgehead atoms. The van der Waals surface area contributed by atoms with Crippen molar-refractivity contribution < 1.29 is 97.0 Å². The van der Waals surface area contributed by atoms with Crippen LogP contribution in [0.25, 0.3) is 0 Å². The van der Waals surface area contributed by atoms with Crippen LogP contribution in [0.15, 0.2) is 34.1 Å². The number of unbranched alkanes of at least 4 members (excludes halogenated alkanes) is 1. The normalized spacial score (nSPS) is 16.4. The largest absolute Gasteiger partial charge is 0.494 e. The number of nitrogens with zero attached hydrogens (tertiary/aromatic N) is 5. The third-order valence-electron chi connectivity index (χ3n) is 18.1. The third-order valence-corrected chi connectivity index (χ3v) is 22.7. The van der Waals surface area contributed by atoms with Gasteiger partial charge in [0.25, 0.3) is 20.1 Å². The van der Waals surface area contributed by atoms with Crippen LogP contribution in [0.4, 0.5) is 5.82 Å². The molecule has 1 unspecified atom stereocenters. The van der Waals surface area contributed by atoms with Crippen LogP contribution in [0.3, 0.4) is 0 Å². The van der Waals surface area contributed by atoms with E-state index in [0.717, 1.165) is 22.4 Å². The Morgan fingerprint density at radius 3 is 1.79 bits per heavy atom. The zero-order valence-electron chi connectivity index (χ0n) is 65.0. The molecule has 1 saturated heterocycles. The lowest BCUT2D eigenvalue weighted by Crippen LogP contribution is -2.50. The molecule has 0 saturated carbocycles. The second-order valence-electron chi connectivity index (χ2n) is 31.5. The fourth-order valence-electron chi connectivity index (χ4n) is 13.2. The molecule has 33 heteroatoms. The van der Waals surface area contributed by atoms with Gasteiger partial charge in [0.2, 0.25) is 27.7 Å². The minimum absolute atomic E-state index is 0.00397. The lowest BCUT2D eigenvalue weighted by atomic mass is 9.94. The van der Waals surface area contributed by atoms with Crippen LogP contribution >= 0.6 is 0 Å². The number of carbonyl (C=O) groups is 8. The van der Waals surface area contributed by atoms with Crippen LogP contribution < -0.4 is 34.5 Å². The number of anilines is 1. The second kappa shape index (κ2) is 37.3. The number of carboxylic acids is 1. The predicted molar refractivity (Wildman–Crippen MR) is 400 cm³/mol. The van der Waals surface area contributed by atoms with Gasteiger partial charge in [0.1, 0.15) is 63.6 Å². The number of carbonyl (C=O) groups excluding carboxylic acids is 7. The molecule has 3 aliphatic rings. The van der Waals surface area contributed by atoms with Gasteiger partial charge in [-0.15, -0.1) is 0 Å². The molecular weight excluding hydrogens is 1450 g/mol. The van der Waals surface area contributed by atoms with Crippen molar-refractivity contribution in [3.63, 3.8) is 0 Å². The maximum absolute atomic E-state index is 14.7. The molecule has 0 spiro atoms. The monoisotopic (exact) mass is 1560 g/mol. The van der Waals surface area contributed by atoms with Crippen molar-refractivity contribution in [2.45, 2.75) is 245 Å². The maximum Gasteiger partial charge on any atom is 0.326 e. The summed E-state index contributed by atoms with van der Waals surface area (Å²) < 4.78 is 124. The quantitative estimate of drug-likeness (QED) is 0.0174. The second-order valence-corrected chi connectivity index (χ2v) is 36.5. The highest BCUT2D eigenvalue weighted by atomic mass is 32.2. The first-order chi connectivity index (χ1) is 49.5. The number of rotatable bonds is 35. The number of hydrogen-bond acceptors (Lipinski definition) is 23. The highest BCUT2D eigenvalue weighted by molar-refractivity contribution is 7.93. The molecule has 6 rings (SSSR count). The number of carboxylic acid groups (broad SMARTS) is 1. The summed E-state index contributed by atoms with van der Waals surface area (Å²) in [5.74, 6) is -5.49. The first-order valence-corrected chi connectivity index (χ1v) is 41.0. The summed E-state index contributed by atoms with van der Waals surface area (Å²) in [5, 5.41) is 18.1. The van der Waals surface area contributed by atoms with Gasteiger partial charge < -0.3 is 44.7 Å². The molecule has 3 aromatic rings. The van der Waals surface area contributed by atoms with Crippen molar-refractivity contribution >= 4 is 83.4 Å². The Morgan fingerprint density at radius 1 is 0.654 bits per heavy atom. The van der Waals surface area contributed by atoms with Gasteiger partial charge in [0.15, 0.2) is 5.78 Å². The number of amides is 3. The Morgan fingerprint density at radius 2 is 1.22 bits per heavy atom. The number of sulfonamides is 2. The fourth-order valence-corrected chi connectivity index (χ4v) is 17.5. The van der Waals surface area contributed by atoms with Crippen molar-refractivity contribution in [3.05, 3.63) is 68.9 Å². The molecule has 1 aromatic heterocycles. The van der Waals surface area contributed by atoms with Gasteiger partial charge in [-0.2, -0.15) is 13.1 Å². The summed E-state index contributed by atoms with van der Waals surface area (Å²) >= 11 is 0. The molecule has 6 N–H and O–H groups in total. The highest BCUT2D eigenvalue weighted by Gasteiger charge is 2.41. The molecule has 0 radical (unpaired) electrons. The van der Waals surface area contributed by atoms with E-state index < -0.39 is 137 Å². The van der Waals surface area contributed by atoms with Crippen LogP contribution in [-0.2, 0) is 102 Å². The standard InChI is InChI=1S/C74H113N9O21S3/c1-47-40-54(100-39-21-26-60(85)75-31-19-24-59(84)57(46-105(93,94)95)78-62(87)30-29-58(69(90)91)82-37-35-80(44-63(88)101-71(6,7)8)33-34-81(36-38-82)45-64(89)102-72(9,10)11)41-48(2)66(47)106(96,97)79-56(70(92)104-73(12,13)14)43-76-61(86)25-18-17-23-53-28-27-52-22-20-32-83(68(52)77-53)107(98,99)67-50(4)49(3)65-55(51(67)5)42-74(15,16)103-65/h27-28,40-41,56-58,79H,17-26,29-39,42-46H2,1-16H3,(H,75,85)(H,76,86)(H,78,87)(H,90,91)(H,93,94,95)/t56?,57-,58+/m0/s1. The maximum atomic E-state index is 14.7. The van der Waals surface area contributed by atoms with E-state index in [2.05, 4.69) is 20.7 Å². The minimum atomic E-state index is -4.83. The van der Waals surface area contributed by atoms with Crippen molar-refractivity contribution in [3.8, 4) is 11.5 Å². The van der Waals surface area contributed by atoms with E-state index in [-0.39, 0.29) is 124 Å². The number of esters is 3. The van der Waals surface area contributed by atoms with Crippen LogP contribution in [0.1, 0.15) is 185 Å². The Hall–Kier alpha value is -7.40. The van der Waals surface area contributed by atoms with E-state index in [1.807, 2.05) is 46.8 Å². The molecule has 3 aliphatic heterocycles. The minimum Gasteiger partial charge on any atom is -0.494 e. The van der Waals surface area contributed by atoms with Crippen LogP contribution in [0, 0.1) is 34.6 Å². The fraction of sp³-hybridized carbons (Fsp3) is 0.662. The van der Waals surface area contributed by atoms with E-state index >= 15 is 0 Å². The molecular formula is C74H113N9O21S3. The number of pyridine rings is 1. The van der Waals surface area contributed by atoms with Crippen molar-refractivity contribution in [1.82, 2.24) is 40.4 Å². The van der Waals surface area contributed by atoms with Gasteiger partial charge >= 0.3 is 23.9 Å². The van der Waals surface area contributed by atoms with Gasteiger partial charge in [0.05, 0.1) is 29.5 Å². The Labute approximate surface area is 631 Å². The summed E-state index contributed by atoms with van der Waals surface area (Å²) in [6.45, 7) is 28.8. The summed E-state index contributed by atoms with van der Waals surface area (Å²) in [7, 11) is -13.3. The Kier molecular flexibility index (Phi) is 30.9. The predicted octanol–water partition coefficient (Wildman–Crippen LogP) is 5.83. The number of fused-ring (bicyclic) bond motifs is 2. The van der Waals surface area contributed by atoms with Crippen LogP contribution in [0.5, 0.6) is 11.5 Å². The molecule has 0 aliphatic carbocycles. The number of aromatic nitrogens is 1. The smallest absolute Gasteiger partial charge is 0.326 e. The van der Waals surface area contributed by atoms with Gasteiger partial charge in [-0.25, -0.2) is 26.1 Å². The summed E-state index contributed by atoms with van der Waals surface area (Å²) in [6.07, 6.45) is 2.28. The summed E-state index contributed by atoms with van der Waals surface area (Å²) in [6, 6.07) is 2.21. The molecule has 3 atom stereocenters. The van der Waals surface area contributed by atoms with Crippen molar-refractivity contribution in [1.29, 1.82) is 0 Å². The van der Waals surface area contributed by atoms with E-state index in [1.54, 1.807) is 77.0 Å². The van der Waals surface area contributed by atoms with E-state index in [1.165, 1.54) is 30.3 Å². The zero-order valence-corrected chi connectivity index (χ0v) is 67.5. The summed E-state index contributed by atoms with van der Waals surface area (Å²) in [5.41, 5.74) is 1.99. The van der Waals surface area contributed by atoms with Gasteiger partial charge in [-0.3, -0.25) is 57.6 Å². The Balaban J connectivity index is 0.958. The van der Waals surface area contributed by atoms with Gasteiger partial charge in [-0.05, 0) is 214 Å². The van der Waals surface area contributed by atoms with E-state index in [0.29, 0.717) is 74.3 Å². The molecule has 3 amide bonds. The number of benzene rings is 2. The number of aliphatic carboxylic acids is 1. The Bertz CT molecular complexity index is 4030. The first kappa shape index (κ1) is 88.5.